The van der Waals surface area contributed by atoms with E-state index in [-0.39, 0.29) is 5.78 Å². The Kier molecular flexibility index (Phi) is 3.04. The lowest BCUT2D eigenvalue weighted by Gasteiger charge is -2.08. The van der Waals surface area contributed by atoms with Crippen molar-refractivity contribution in [3.8, 4) is 16.9 Å². The Morgan fingerprint density at radius 3 is 2.68 bits per heavy atom. The number of para-hydroxylation sites is 1. The van der Waals surface area contributed by atoms with Gasteiger partial charge >= 0.3 is 0 Å². The van der Waals surface area contributed by atoms with Gasteiger partial charge in [-0.05, 0) is 36.2 Å². The van der Waals surface area contributed by atoms with Gasteiger partial charge in [0.2, 0.25) is 0 Å². The fourth-order valence-electron chi connectivity index (χ4n) is 3.52. The molecule has 0 amide bonds. The lowest BCUT2D eigenvalue weighted by molar-refractivity contribution is 0.0984. The molecule has 120 valence electrons. The number of aromatic nitrogens is 3. The zero-order chi connectivity index (χ0) is 16.8. The maximum atomic E-state index is 12.6. The fourth-order valence-corrected chi connectivity index (χ4v) is 3.52. The Labute approximate surface area is 144 Å². The van der Waals surface area contributed by atoms with Crippen LogP contribution in [0.5, 0.6) is 0 Å². The van der Waals surface area contributed by atoms with Crippen LogP contribution in [0.2, 0.25) is 0 Å². The predicted molar refractivity (Wildman–Crippen MR) is 97.0 cm³/mol. The molecule has 4 nitrogen and oxygen atoms in total. The minimum absolute atomic E-state index is 0.159. The Hall–Kier alpha value is -3.27. The van der Waals surface area contributed by atoms with E-state index in [1.54, 1.807) is 6.20 Å². The van der Waals surface area contributed by atoms with E-state index < -0.39 is 0 Å². The van der Waals surface area contributed by atoms with Crippen molar-refractivity contribution in [3.05, 3.63) is 78.1 Å². The number of ketones is 1. The molecule has 1 aliphatic carbocycles. The zero-order valence-electron chi connectivity index (χ0n) is 13.5. The zero-order valence-corrected chi connectivity index (χ0v) is 13.5. The predicted octanol–water partition coefficient (Wildman–Crippen LogP) is 4.22. The Bertz CT molecular complexity index is 1110. The number of benzene rings is 2. The maximum absolute atomic E-state index is 12.6. The highest BCUT2D eigenvalue weighted by molar-refractivity contribution is 6.10. The minimum atomic E-state index is 0.159. The first-order chi connectivity index (χ1) is 12.3. The van der Waals surface area contributed by atoms with Crippen molar-refractivity contribution in [2.75, 3.05) is 0 Å². The molecule has 1 aliphatic rings. The average molecular weight is 325 g/mol. The topological polar surface area (TPSA) is 47.8 Å². The quantitative estimate of drug-likeness (QED) is 0.526. The summed E-state index contributed by atoms with van der Waals surface area (Å²) in [6.45, 7) is 0. The van der Waals surface area contributed by atoms with Gasteiger partial charge in [0.25, 0.3) is 0 Å². The second-order valence-corrected chi connectivity index (χ2v) is 6.27. The van der Waals surface area contributed by atoms with Gasteiger partial charge in [0.1, 0.15) is 0 Å². The summed E-state index contributed by atoms with van der Waals surface area (Å²) >= 11 is 0. The van der Waals surface area contributed by atoms with Crippen LogP contribution in [0, 0.1) is 0 Å². The maximum Gasteiger partial charge on any atom is 0.163 e. The number of hydrogen-bond donors (Lipinski definition) is 0. The molecule has 2 aromatic heterocycles. The number of nitrogens with zero attached hydrogens (tertiary/aromatic N) is 3. The number of carbonyl (C=O) groups excluding carboxylic acids is 1. The van der Waals surface area contributed by atoms with E-state index >= 15 is 0 Å². The molecule has 0 saturated carbocycles. The molecule has 25 heavy (non-hydrogen) atoms. The molecule has 4 heteroatoms. The summed E-state index contributed by atoms with van der Waals surface area (Å²) in [5, 5.41) is 5.86. The molecule has 0 bridgehead atoms. The summed E-state index contributed by atoms with van der Waals surface area (Å²) < 4.78 is 1.89. The summed E-state index contributed by atoms with van der Waals surface area (Å²) in [5.41, 5.74) is 5.41. The van der Waals surface area contributed by atoms with Crippen molar-refractivity contribution in [3.63, 3.8) is 0 Å². The van der Waals surface area contributed by atoms with Crippen molar-refractivity contribution >= 4 is 16.7 Å². The highest BCUT2D eigenvalue weighted by Crippen LogP contribution is 2.36. The van der Waals surface area contributed by atoms with E-state index in [0.29, 0.717) is 12.8 Å². The first kappa shape index (κ1) is 14.1. The van der Waals surface area contributed by atoms with Gasteiger partial charge in [0, 0.05) is 35.3 Å². The van der Waals surface area contributed by atoms with E-state index in [9.17, 15) is 4.79 Å². The molecule has 0 fully saturated rings. The van der Waals surface area contributed by atoms with Gasteiger partial charge in [0.15, 0.2) is 5.78 Å². The van der Waals surface area contributed by atoms with E-state index in [2.05, 4.69) is 4.98 Å². The third-order valence-corrected chi connectivity index (χ3v) is 4.74. The highest BCUT2D eigenvalue weighted by Gasteiger charge is 2.25. The molecule has 0 atom stereocenters. The highest BCUT2D eigenvalue weighted by atomic mass is 16.1. The Morgan fingerprint density at radius 1 is 0.920 bits per heavy atom. The number of aryl methyl sites for hydroxylation is 1. The summed E-state index contributed by atoms with van der Waals surface area (Å²) in [6, 6.07) is 17.9. The molecule has 4 aromatic rings. The fraction of sp³-hybridized carbons (Fsp3) is 0.0952. The largest absolute Gasteiger partial charge is 0.294 e. The monoisotopic (exact) mass is 325 g/mol. The molecule has 0 radical (unpaired) electrons. The number of carbonyl (C=O) groups is 1. The molecule has 2 heterocycles. The minimum Gasteiger partial charge on any atom is -0.294 e. The second-order valence-electron chi connectivity index (χ2n) is 6.27. The summed E-state index contributed by atoms with van der Waals surface area (Å²) in [5.74, 6) is 0.159. The van der Waals surface area contributed by atoms with Crippen molar-refractivity contribution in [1.82, 2.24) is 14.8 Å². The molecular formula is C21H15N3O. The lowest BCUT2D eigenvalue weighted by atomic mass is 9.98. The van der Waals surface area contributed by atoms with Crippen LogP contribution in [0.25, 0.3) is 27.8 Å². The summed E-state index contributed by atoms with van der Waals surface area (Å²) in [7, 11) is 0. The third-order valence-electron chi connectivity index (χ3n) is 4.74. The van der Waals surface area contributed by atoms with Crippen molar-refractivity contribution < 1.29 is 4.79 Å². The third kappa shape index (κ3) is 2.18. The van der Waals surface area contributed by atoms with Crippen LogP contribution < -0.4 is 0 Å². The Morgan fingerprint density at radius 2 is 1.80 bits per heavy atom. The van der Waals surface area contributed by atoms with Crippen LogP contribution in [0.15, 0.2) is 67.0 Å². The van der Waals surface area contributed by atoms with Crippen LogP contribution in [0.3, 0.4) is 0 Å². The first-order valence-electron chi connectivity index (χ1n) is 8.36. The molecule has 5 rings (SSSR count). The van der Waals surface area contributed by atoms with E-state index in [4.69, 9.17) is 5.10 Å². The summed E-state index contributed by atoms with van der Waals surface area (Å²) in [6.07, 6.45) is 5.00. The average Bonchev–Trinajstić information content (AvgIpc) is 3.04. The molecule has 0 aliphatic heterocycles. The normalized spacial score (nSPS) is 13.4. The van der Waals surface area contributed by atoms with Crippen molar-refractivity contribution in [2.45, 2.75) is 12.8 Å². The molecule has 0 saturated heterocycles. The lowest BCUT2D eigenvalue weighted by Crippen LogP contribution is -2.02. The number of rotatable bonds is 1. The molecular weight excluding hydrogens is 310 g/mol. The summed E-state index contributed by atoms with van der Waals surface area (Å²) in [4.78, 5) is 17.2. The molecule has 0 unspecified atom stereocenters. The van der Waals surface area contributed by atoms with Crippen LogP contribution in [0.1, 0.15) is 22.3 Å². The van der Waals surface area contributed by atoms with Crippen molar-refractivity contribution in [1.29, 1.82) is 0 Å². The van der Waals surface area contributed by atoms with Gasteiger partial charge in [-0.1, -0.05) is 30.3 Å². The SMILES string of the molecule is O=C1CCc2cn(-c3ccccc3)nc2-c2c1ccc1cccnc21. The molecule has 2 aromatic carbocycles. The van der Waals surface area contributed by atoms with Crippen LogP contribution in [0.4, 0.5) is 0 Å². The number of pyridine rings is 1. The van der Waals surface area contributed by atoms with Crippen LogP contribution >= 0.6 is 0 Å². The first-order valence-corrected chi connectivity index (χ1v) is 8.36. The van der Waals surface area contributed by atoms with Crippen LogP contribution in [-0.2, 0) is 6.42 Å². The number of hydrogen-bond acceptors (Lipinski definition) is 3. The van der Waals surface area contributed by atoms with Gasteiger partial charge in [-0.15, -0.1) is 0 Å². The van der Waals surface area contributed by atoms with Crippen LogP contribution in [-0.4, -0.2) is 20.5 Å². The van der Waals surface area contributed by atoms with Gasteiger partial charge in [0.05, 0.1) is 16.9 Å². The van der Waals surface area contributed by atoms with Crippen molar-refractivity contribution in [2.24, 2.45) is 0 Å². The number of Topliss-reactive ketones (excluding diaryl/α,β-unsaturated/α-hetero) is 1. The number of fused-ring (bicyclic) bond motifs is 5. The smallest absolute Gasteiger partial charge is 0.163 e. The second kappa shape index (κ2) is 5.38. The van der Waals surface area contributed by atoms with Gasteiger partial charge in [-0.2, -0.15) is 5.10 Å². The van der Waals surface area contributed by atoms with Gasteiger partial charge in [-0.3, -0.25) is 9.78 Å². The Balaban J connectivity index is 1.82. The van der Waals surface area contributed by atoms with E-state index in [1.165, 1.54) is 0 Å². The standard InChI is InChI=1S/C21H15N3O/c25-18-11-9-15-13-24(16-6-2-1-3-7-16)23-21(15)19-17(18)10-8-14-5-4-12-22-20(14)19/h1-8,10,12-13H,9,11H2. The molecule has 0 N–H and O–H groups in total. The molecule has 0 spiro atoms. The van der Waals surface area contributed by atoms with Gasteiger partial charge in [-0.25, -0.2) is 4.68 Å². The van der Waals surface area contributed by atoms with E-state index in [1.807, 2.05) is 65.5 Å². The van der Waals surface area contributed by atoms with E-state index in [0.717, 1.165) is 39.0 Å². The van der Waals surface area contributed by atoms with Gasteiger partial charge < -0.3 is 0 Å².